The van der Waals surface area contributed by atoms with E-state index in [0.29, 0.717) is 6.04 Å². The summed E-state index contributed by atoms with van der Waals surface area (Å²) in [5.74, 6) is 1.01. The lowest BCUT2D eigenvalue weighted by molar-refractivity contribution is -0.143. The molecule has 0 amide bonds. The lowest BCUT2D eigenvalue weighted by Gasteiger charge is -2.30. The van der Waals surface area contributed by atoms with Crippen LogP contribution in [0.2, 0.25) is 0 Å². The molecule has 2 aliphatic rings. The standard InChI is InChI=1S/C15H27NO2/c1-11(2)12-5-3-6-13(9-8-12)16-10-4-7-14(16)15(17)18/h11-14H,3-10H2,1-2H3,(H,17,18). The molecule has 1 aliphatic carbocycles. The van der Waals surface area contributed by atoms with Gasteiger partial charge in [0.2, 0.25) is 0 Å². The smallest absolute Gasteiger partial charge is 0.320 e. The molecule has 0 bridgehead atoms. The molecule has 0 aromatic carbocycles. The van der Waals surface area contributed by atoms with E-state index in [4.69, 9.17) is 0 Å². The predicted molar refractivity (Wildman–Crippen MR) is 72.6 cm³/mol. The molecule has 18 heavy (non-hydrogen) atoms. The van der Waals surface area contributed by atoms with Crippen LogP contribution in [0, 0.1) is 11.8 Å². The van der Waals surface area contributed by atoms with Crippen LogP contribution >= 0.6 is 0 Å². The van der Waals surface area contributed by atoms with Gasteiger partial charge in [-0.15, -0.1) is 0 Å². The summed E-state index contributed by atoms with van der Waals surface area (Å²) in [6.45, 7) is 5.63. The number of carboxylic acid groups (broad SMARTS) is 1. The molecule has 1 heterocycles. The summed E-state index contributed by atoms with van der Waals surface area (Å²) < 4.78 is 0. The van der Waals surface area contributed by atoms with E-state index < -0.39 is 5.97 Å². The molecule has 3 unspecified atom stereocenters. The number of hydrogen-bond acceptors (Lipinski definition) is 2. The SMILES string of the molecule is CC(C)C1CCCC(N2CCCC2C(=O)O)CC1. The monoisotopic (exact) mass is 253 g/mol. The molecule has 1 saturated carbocycles. The van der Waals surface area contributed by atoms with Crippen LogP contribution in [-0.2, 0) is 4.79 Å². The first-order chi connectivity index (χ1) is 8.59. The number of likely N-dealkylation sites (tertiary alicyclic amines) is 1. The maximum atomic E-state index is 11.3. The fourth-order valence-corrected chi connectivity index (χ4v) is 3.80. The Hall–Kier alpha value is -0.570. The topological polar surface area (TPSA) is 40.5 Å². The van der Waals surface area contributed by atoms with Crippen molar-refractivity contribution in [2.24, 2.45) is 11.8 Å². The average Bonchev–Trinajstić information content (AvgIpc) is 2.67. The Labute approximate surface area is 111 Å². The van der Waals surface area contributed by atoms with Gasteiger partial charge in [-0.2, -0.15) is 0 Å². The second kappa shape index (κ2) is 6.05. The zero-order chi connectivity index (χ0) is 13.1. The summed E-state index contributed by atoms with van der Waals surface area (Å²) in [5.41, 5.74) is 0. The number of carboxylic acids is 1. The van der Waals surface area contributed by atoms with Gasteiger partial charge in [-0.25, -0.2) is 0 Å². The van der Waals surface area contributed by atoms with Crippen molar-refractivity contribution in [2.45, 2.75) is 70.9 Å². The molecule has 1 saturated heterocycles. The van der Waals surface area contributed by atoms with Gasteiger partial charge in [0.05, 0.1) is 0 Å². The van der Waals surface area contributed by atoms with Crippen molar-refractivity contribution < 1.29 is 9.90 Å². The molecule has 1 aliphatic heterocycles. The van der Waals surface area contributed by atoms with Crippen LogP contribution in [0.25, 0.3) is 0 Å². The largest absolute Gasteiger partial charge is 0.480 e. The van der Waals surface area contributed by atoms with Gasteiger partial charge in [0.15, 0.2) is 0 Å². The fraction of sp³-hybridized carbons (Fsp3) is 0.933. The molecule has 2 rings (SSSR count). The van der Waals surface area contributed by atoms with Crippen LogP contribution in [0.1, 0.15) is 58.8 Å². The van der Waals surface area contributed by atoms with Crippen molar-refractivity contribution in [3.63, 3.8) is 0 Å². The summed E-state index contributed by atoms with van der Waals surface area (Å²) in [6, 6.07) is 0.322. The van der Waals surface area contributed by atoms with Crippen LogP contribution in [0.5, 0.6) is 0 Å². The molecular formula is C15H27NO2. The van der Waals surface area contributed by atoms with Crippen molar-refractivity contribution in [3.05, 3.63) is 0 Å². The third-order valence-electron chi connectivity index (χ3n) is 4.97. The number of aliphatic carboxylic acids is 1. The van der Waals surface area contributed by atoms with Crippen LogP contribution in [0.4, 0.5) is 0 Å². The Morgan fingerprint density at radius 3 is 2.56 bits per heavy atom. The maximum absolute atomic E-state index is 11.3. The molecule has 1 N–H and O–H groups in total. The minimum absolute atomic E-state index is 0.203. The highest BCUT2D eigenvalue weighted by molar-refractivity contribution is 5.73. The number of hydrogen-bond donors (Lipinski definition) is 1. The first-order valence-electron chi connectivity index (χ1n) is 7.58. The number of nitrogens with zero attached hydrogens (tertiary/aromatic N) is 1. The van der Waals surface area contributed by atoms with Crippen LogP contribution in [0.3, 0.4) is 0 Å². The Kier molecular flexibility index (Phi) is 4.66. The summed E-state index contributed by atoms with van der Waals surface area (Å²) in [6.07, 6.45) is 8.20. The second-order valence-electron chi connectivity index (χ2n) is 6.40. The highest BCUT2D eigenvalue weighted by atomic mass is 16.4. The Morgan fingerprint density at radius 2 is 1.89 bits per heavy atom. The lowest BCUT2D eigenvalue weighted by atomic mass is 9.89. The van der Waals surface area contributed by atoms with Crippen molar-refractivity contribution >= 4 is 5.97 Å². The third kappa shape index (κ3) is 3.05. The maximum Gasteiger partial charge on any atom is 0.320 e. The van der Waals surface area contributed by atoms with E-state index in [-0.39, 0.29) is 6.04 Å². The van der Waals surface area contributed by atoms with E-state index in [1.54, 1.807) is 0 Å². The van der Waals surface area contributed by atoms with Crippen molar-refractivity contribution in [1.29, 1.82) is 0 Å². The quantitative estimate of drug-likeness (QED) is 0.786. The summed E-state index contributed by atoms with van der Waals surface area (Å²) in [4.78, 5) is 13.6. The van der Waals surface area contributed by atoms with E-state index in [2.05, 4.69) is 18.7 Å². The lowest BCUT2D eigenvalue weighted by Crippen LogP contribution is -2.43. The molecule has 0 spiro atoms. The molecule has 0 aromatic heterocycles. The summed E-state index contributed by atoms with van der Waals surface area (Å²) in [5, 5.41) is 9.28. The van der Waals surface area contributed by atoms with E-state index in [1.807, 2.05) is 0 Å². The van der Waals surface area contributed by atoms with E-state index in [0.717, 1.165) is 31.2 Å². The van der Waals surface area contributed by atoms with Gasteiger partial charge in [0.25, 0.3) is 0 Å². The van der Waals surface area contributed by atoms with Crippen molar-refractivity contribution in [2.75, 3.05) is 6.54 Å². The molecule has 3 heteroatoms. The van der Waals surface area contributed by atoms with Gasteiger partial charge in [-0.1, -0.05) is 26.7 Å². The third-order valence-corrected chi connectivity index (χ3v) is 4.97. The average molecular weight is 253 g/mol. The Morgan fingerprint density at radius 1 is 1.11 bits per heavy atom. The number of carbonyl (C=O) groups is 1. The molecule has 0 radical (unpaired) electrons. The van der Waals surface area contributed by atoms with Crippen molar-refractivity contribution in [1.82, 2.24) is 4.90 Å². The molecule has 3 atom stereocenters. The van der Waals surface area contributed by atoms with Gasteiger partial charge < -0.3 is 5.11 Å². The minimum atomic E-state index is -0.614. The van der Waals surface area contributed by atoms with Crippen molar-refractivity contribution in [3.8, 4) is 0 Å². The molecule has 3 nitrogen and oxygen atoms in total. The Balaban J connectivity index is 1.95. The van der Waals surface area contributed by atoms with E-state index >= 15 is 0 Å². The van der Waals surface area contributed by atoms with E-state index in [9.17, 15) is 9.90 Å². The minimum Gasteiger partial charge on any atom is -0.480 e. The fourth-order valence-electron chi connectivity index (χ4n) is 3.80. The van der Waals surface area contributed by atoms with Gasteiger partial charge in [0.1, 0.15) is 6.04 Å². The first-order valence-corrected chi connectivity index (χ1v) is 7.58. The highest BCUT2D eigenvalue weighted by Crippen LogP contribution is 2.33. The van der Waals surface area contributed by atoms with Crippen LogP contribution < -0.4 is 0 Å². The zero-order valence-corrected chi connectivity index (χ0v) is 11.8. The predicted octanol–water partition coefficient (Wildman–Crippen LogP) is 3.14. The Bertz CT molecular complexity index is 290. The van der Waals surface area contributed by atoms with E-state index in [1.165, 1.54) is 32.1 Å². The van der Waals surface area contributed by atoms with Gasteiger partial charge >= 0.3 is 5.97 Å². The van der Waals surface area contributed by atoms with Gasteiger partial charge in [0, 0.05) is 6.04 Å². The summed E-state index contributed by atoms with van der Waals surface area (Å²) >= 11 is 0. The molecular weight excluding hydrogens is 226 g/mol. The normalized spacial score (nSPS) is 34.7. The molecule has 2 fully saturated rings. The van der Waals surface area contributed by atoms with Gasteiger partial charge in [-0.3, -0.25) is 9.69 Å². The molecule has 0 aromatic rings. The summed E-state index contributed by atoms with van der Waals surface area (Å²) in [7, 11) is 0. The zero-order valence-electron chi connectivity index (χ0n) is 11.8. The molecule has 104 valence electrons. The highest BCUT2D eigenvalue weighted by Gasteiger charge is 2.36. The second-order valence-corrected chi connectivity index (χ2v) is 6.40. The van der Waals surface area contributed by atoms with Crippen LogP contribution in [-0.4, -0.2) is 34.6 Å². The van der Waals surface area contributed by atoms with Crippen LogP contribution in [0.15, 0.2) is 0 Å². The number of rotatable bonds is 3. The first kappa shape index (κ1) is 13.9. The van der Waals surface area contributed by atoms with Gasteiger partial charge in [-0.05, 0) is 50.5 Å².